The van der Waals surface area contributed by atoms with E-state index in [4.69, 9.17) is 9.47 Å². The number of hydrogen-bond donors (Lipinski definition) is 1. The fourth-order valence-electron chi connectivity index (χ4n) is 2.82. The highest BCUT2D eigenvalue weighted by atomic mass is 16.5. The van der Waals surface area contributed by atoms with Crippen molar-refractivity contribution in [1.82, 2.24) is 20.1 Å². The zero-order chi connectivity index (χ0) is 15.7. The third kappa shape index (κ3) is 5.04. The van der Waals surface area contributed by atoms with Crippen LogP contribution in [0.3, 0.4) is 0 Å². The molecule has 1 N–H and O–H groups in total. The van der Waals surface area contributed by atoms with Crippen LogP contribution < -0.4 is 10.1 Å². The Hall–Kier alpha value is -1.92. The molecule has 23 heavy (non-hydrogen) atoms. The highest BCUT2D eigenvalue weighted by molar-refractivity contribution is 5.36. The molecular formula is C17H24N4O2. The molecule has 0 aliphatic heterocycles. The first kappa shape index (κ1) is 16.0. The number of nitrogens with one attached hydrogen (secondary N) is 1. The largest absolute Gasteiger partial charge is 0.491 e. The summed E-state index contributed by atoms with van der Waals surface area (Å²) in [6.07, 6.45) is 8.54. The Morgan fingerprint density at radius 3 is 2.65 bits per heavy atom. The summed E-state index contributed by atoms with van der Waals surface area (Å²) in [6, 6.07) is 8.47. The normalized spacial score (nSPS) is 15.1. The Bertz CT molecular complexity index is 550. The lowest BCUT2D eigenvalue weighted by atomic mass is 10.2. The molecule has 0 radical (unpaired) electrons. The van der Waals surface area contributed by atoms with Crippen LogP contribution in [0.4, 0.5) is 0 Å². The molecule has 0 bridgehead atoms. The molecular weight excluding hydrogens is 292 g/mol. The quantitative estimate of drug-likeness (QED) is 0.719. The maximum atomic E-state index is 5.67. The summed E-state index contributed by atoms with van der Waals surface area (Å²) in [4.78, 5) is 3.93. The van der Waals surface area contributed by atoms with E-state index in [9.17, 15) is 0 Å². The Morgan fingerprint density at radius 1 is 1.09 bits per heavy atom. The molecule has 1 aromatic heterocycles. The van der Waals surface area contributed by atoms with Gasteiger partial charge in [-0.15, -0.1) is 0 Å². The fourth-order valence-corrected chi connectivity index (χ4v) is 2.82. The third-order valence-electron chi connectivity index (χ3n) is 4.05. The Morgan fingerprint density at radius 2 is 1.91 bits per heavy atom. The summed E-state index contributed by atoms with van der Waals surface area (Å²) in [7, 11) is 0. The molecule has 0 spiro atoms. The zero-order valence-electron chi connectivity index (χ0n) is 13.4. The molecule has 124 valence electrons. The predicted molar refractivity (Wildman–Crippen MR) is 87.9 cm³/mol. The van der Waals surface area contributed by atoms with Crippen molar-refractivity contribution in [3.8, 4) is 11.4 Å². The number of rotatable bonds is 9. The van der Waals surface area contributed by atoms with Crippen LogP contribution in [0.5, 0.6) is 5.75 Å². The first-order valence-corrected chi connectivity index (χ1v) is 8.31. The number of benzene rings is 1. The van der Waals surface area contributed by atoms with E-state index < -0.39 is 0 Å². The third-order valence-corrected chi connectivity index (χ3v) is 4.05. The van der Waals surface area contributed by atoms with Crippen LogP contribution in [-0.4, -0.2) is 47.2 Å². The van der Waals surface area contributed by atoms with Crippen molar-refractivity contribution >= 4 is 0 Å². The number of nitrogens with zero attached hydrogens (tertiary/aromatic N) is 3. The van der Waals surface area contributed by atoms with Crippen LogP contribution in [0.2, 0.25) is 0 Å². The molecule has 0 amide bonds. The van der Waals surface area contributed by atoms with Gasteiger partial charge in [0.1, 0.15) is 25.0 Å². The summed E-state index contributed by atoms with van der Waals surface area (Å²) in [6.45, 7) is 2.84. The zero-order valence-corrected chi connectivity index (χ0v) is 13.4. The van der Waals surface area contributed by atoms with Gasteiger partial charge in [-0.2, -0.15) is 5.10 Å². The molecule has 1 aliphatic carbocycles. The van der Waals surface area contributed by atoms with Crippen molar-refractivity contribution < 1.29 is 9.47 Å². The summed E-state index contributed by atoms with van der Waals surface area (Å²) in [5.41, 5.74) is 0.962. The van der Waals surface area contributed by atoms with Crippen molar-refractivity contribution in [3.05, 3.63) is 36.9 Å². The number of aromatic nitrogens is 3. The summed E-state index contributed by atoms with van der Waals surface area (Å²) in [5.74, 6) is 0.835. The first-order valence-electron chi connectivity index (χ1n) is 8.31. The van der Waals surface area contributed by atoms with Gasteiger partial charge in [0.25, 0.3) is 0 Å². The van der Waals surface area contributed by atoms with Gasteiger partial charge in [0.05, 0.1) is 18.9 Å². The summed E-state index contributed by atoms with van der Waals surface area (Å²) in [5, 5.41) is 7.62. The lowest BCUT2D eigenvalue weighted by Crippen LogP contribution is -2.29. The van der Waals surface area contributed by atoms with Gasteiger partial charge in [0.2, 0.25) is 0 Å². The molecule has 1 aromatic carbocycles. The van der Waals surface area contributed by atoms with Crippen LogP contribution in [-0.2, 0) is 4.74 Å². The van der Waals surface area contributed by atoms with Gasteiger partial charge in [-0.3, -0.25) is 0 Å². The van der Waals surface area contributed by atoms with Gasteiger partial charge in [-0.1, -0.05) is 12.8 Å². The predicted octanol–water partition coefficient (Wildman–Crippen LogP) is 2.19. The van der Waals surface area contributed by atoms with E-state index in [1.807, 2.05) is 24.3 Å². The van der Waals surface area contributed by atoms with Crippen molar-refractivity contribution in [2.45, 2.75) is 31.7 Å². The highest BCUT2D eigenvalue weighted by Crippen LogP contribution is 2.17. The molecule has 0 saturated heterocycles. The smallest absolute Gasteiger partial charge is 0.138 e. The second kappa shape index (κ2) is 8.64. The average Bonchev–Trinajstić information content (AvgIpc) is 3.28. The minimum Gasteiger partial charge on any atom is -0.491 e. The van der Waals surface area contributed by atoms with Crippen LogP contribution in [0, 0.1) is 0 Å². The molecule has 1 saturated carbocycles. The highest BCUT2D eigenvalue weighted by Gasteiger charge is 2.13. The van der Waals surface area contributed by atoms with Crippen molar-refractivity contribution in [1.29, 1.82) is 0 Å². The number of hydrogen-bond acceptors (Lipinski definition) is 5. The molecule has 1 aliphatic rings. The second-order valence-electron chi connectivity index (χ2n) is 5.73. The first-order chi connectivity index (χ1) is 11.4. The molecule has 2 aromatic rings. The topological polar surface area (TPSA) is 61.2 Å². The molecule has 0 unspecified atom stereocenters. The van der Waals surface area contributed by atoms with E-state index in [-0.39, 0.29) is 0 Å². The van der Waals surface area contributed by atoms with Gasteiger partial charge < -0.3 is 14.8 Å². The molecule has 1 heterocycles. The molecule has 6 heteroatoms. The van der Waals surface area contributed by atoms with Gasteiger partial charge in [-0.05, 0) is 37.1 Å². The maximum Gasteiger partial charge on any atom is 0.138 e. The van der Waals surface area contributed by atoms with Crippen LogP contribution in [0.1, 0.15) is 25.7 Å². The van der Waals surface area contributed by atoms with E-state index in [1.54, 1.807) is 11.0 Å². The van der Waals surface area contributed by atoms with E-state index in [1.165, 1.54) is 32.0 Å². The Kier molecular flexibility index (Phi) is 6.00. The van der Waals surface area contributed by atoms with Gasteiger partial charge in [-0.25, -0.2) is 9.67 Å². The standard InChI is InChI=1S/C17H24N4O2/c1-2-4-15(3-1)19-9-10-22-11-12-23-17-7-5-16(6-8-17)21-14-18-13-20-21/h5-8,13-15,19H,1-4,9-12H2. The van der Waals surface area contributed by atoms with Crippen molar-refractivity contribution in [3.63, 3.8) is 0 Å². The van der Waals surface area contributed by atoms with E-state index in [0.717, 1.165) is 24.6 Å². The van der Waals surface area contributed by atoms with Gasteiger partial charge >= 0.3 is 0 Å². The monoisotopic (exact) mass is 316 g/mol. The number of ether oxygens (including phenoxy) is 2. The maximum absolute atomic E-state index is 5.67. The fraction of sp³-hybridized carbons (Fsp3) is 0.529. The van der Waals surface area contributed by atoms with Crippen LogP contribution in [0.25, 0.3) is 5.69 Å². The van der Waals surface area contributed by atoms with Crippen molar-refractivity contribution in [2.24, 2.45) is 0 Å². The molecule has 6 nitrogen and oxygen atoms in total. The lowest BCUT2D eigenvalue weighted by molar-refractivity contribution is 0.100. The van der Waals surface area contributed by atoms with E-state index in [2.05, 4.69) is 15.4 Å². The van der Waals surface area contributed by atoms with Crippen LogP contribution >= 0.6 is 0 Å². The molecule has 3 rings (SSSR count). The molecule has 1 fully saturated rings. The lowest BCUT2D eigenvalue weighted by Gasteiger charge is -2.12. The molecule has 0 atom stereocenters. The SMILES string of the molecule is c1ncn(-c2ccc(OCCOCCNC3CCCC3)cc2)n1. The van der Waals surface area contributed by atoms with Crippen LogP contribution in [0.15, 0.2) is 36.9 Å². The summed E-state index contributed by atoms with van der Waals surface area (Å²) >= 11 is 0. The Labute approximate surface area is 136 Å². The summed E-state index contributed by atoms with van der Waals surface area (Å²) < 4.78 is 13.0. The van der Waals surface area contributed by atoms with E-state index >= 15 is 0 Å². The minimum atomic E-state index is 0.562. The second-order valence-corrected chi connectivity index (χ2v) is 5.73. The minimum absolute atomic E-state index is 0.562. The van der Waals surface area contributed by atoms with Gasteiger partial charge in [0.15, 0.2) is 0 Å². The Balaban J connectivity index is 1.27. The van der Waals surface area contributed by atoms with Gasteiger partial charge in [0, 0.05) is 12.6 Å². The van der Waals surface area contributed by atoms with E-state index in [0.29, 0.717) is 19.3 Å². The average molecular weight is 316 g/mol. The van der Waals surface area contributed by atoms with Crippen molar-refractivity contribution in [2.75, 3.05) is 26.4 Å².